The van der Waals surface area contributed by atoms with Gasteiger partial charge in [-0.15, -0.1) is 0 Å². The normalized spacial score (nSPS) is 39.0. The fraction of sp³-hybridized carbons (Fsp3) is 1.00. The Kier molecular flexibility index (Phi) is 3.34. The molecular formula is C9H19NO. The molecule has 0 aromatic rings. The molecule has 0 saturated heterocycles. The summed E-state index contributed by atoms with van der Waals surface area (Å²) in [5.74, 6) is 1.18. The second-order valence-corrected chi connectivity index (χ2v) is 3.65. The van der Waals surface area contributed by atoms with E-state index in [0.717, 1.165) is 18.8 Å². The molecule has 2 heteroatoms. The maximum Gasteiger partial charge on any atom is 0.0580 e. The lowest BCUT2D eigenvalue weighted by Crippen LogP contribution is -2.34. The maximum absolute atomic E-state index is 9.50. The first-order chi connectivity index (χ1) is 5.27. The van der Waals surface area contributed by atoms with E-state index in [1.807, 2.05) is 0 Å². The molecule has 1 fully saturated rings. The first-order valence-corrected chi connectivity index (χ1v) is 4.66. The molecule has 1 rings (SSSR count). The smallest absolute Gasteiger partial charge is 0.0580 e. The summed E-state index contributed by atoms with van der Waals surface area (Å²) in [6.07, 6.45) is 4.40. The molecule has 0 radical (unpaired) electrons. The Balaban J connectivity index is 2.37. The summed E-state index contributed by atoms with van der Waals surface area (Å²) in [6, 6.07) is 0. The van der Waals surface area contributed by atoms with Gasteiger partial charge < -0.3 is 10.8 Å². The van der Waals surface area contributed by atoms with E-state index in [0.29, 0.717) is 12.5 Å². The van der Waals surface area contributed by atoms with Crippen molar-refractivity contribution in [2.24, 2.45) is 17.6 Å². The highest BCUT2D eigenvalue weighted by Gasteiger charge is 2.26. The Morgan fingerprint density at radius 2 is 2.18 bits per heavy atom. The van der Waals surface area contributed by atoms with Gasteiger partial charge in [0.2, 0.25) is 0 Å². The topological polar surface area (TPSA) is 46.2 Å². The van der Waals surface area contributed by atoms with Crippen molar-refractivity contribution in [1.82, 2.24) is 0 Å². The molecule has 0 spiro atoms. The number of nitrogens with two attached hydrogens (primary N) is 1. The molecule has 2 nitrogen and oxygen atoms in total. The van der Waals surface area contributed by atoms with Gasteiger partial charge in [-0.2, -0.15) is 0 Å². The van der Waals surface area contributed by atoms with Crippen molar-refractivity contribution < 1.29 is 5.11 Å². The van der Waals surface area contributed by atoms with E-state index in [2.05, 4.69) is 6.92 Å². The van der Waals surface area contributed by atoms with Crippen LogP contribution in [-0.2, 0) is 0 Å². The van der Waals surface area contributed by atoms with Crippen LogP contribution in [0.2, 0.25) is 0 Å². The third-order valence-electron chi connectivity index (χ3n) is 2.93. The summed E-state index contributed by atoms with van der Waals surface area (Å²) in [5, 5.41) is 9.50. The minimum atomic E-state index is -0.122. The molecule has 3 atom stereocenters. The van der Waals surface area contributed by atoms with Gasteiger partial charge in [0.05, 0.1) is 6.10 Å². The predicted octanol–water partition coefficient (Wildman–Crippen LogP) is 1.13. The van der Waals surface area contributed by atoms with Gasteiger partial charge in [-0.05, 0) is 37.6 Å². The zero-order valence-electron chi connectivity index (χ0n) is 7.29. The molecule has 1 aliphatic carbocycles. The molecule has 11 heavy (non-hydrogen) atoms. The van der Waals surface area contributed by atoms with Crippen molar-refractivity contribution >= 4 is 0 Å². The van der Waals surface area contributed by atoms with E-state index in [-0.39, 0.29) is 6.10 Å². The standard InChI is InChI=1S/C9H19NO/c1-2-7-3-4-9(11)8(5-7)6-10/h7-9,11H,2-6,10H2,1H3. The van der Waals surface area contributed by atoms with Gasteiger partial charge in [-0.1, -0.05) is 13.3 Å². The van der Waals surface area contributed by atoms with Gasteiger partial charge in [-0.25, -0.2) is 0 Å². The SMILES string of the molecule is CCC1CCC(O)C(CN)C1. The Bertz CT molecular complexity index is 116. The molecule has 3 N–H and O–H groups in total. The minimum Gasteiger partial charge on any atom is -0.393 e. The van der Waals surface area contributed by atoms with Crippen LogP contribution in [0.3, 0.4) is 0 Å². The van der Waals surface area contributed by atoms with Gasteiger partial charge in [0, 0.05) is 0 Å². The quantitative estimate of drug-likeness (QED) is 0.631. The number of aliphatic hydroxyl groups excluding tert-OH is 1. The number of hydrogen-bond acceptors (Lipinski definition) is 2. The van der Waals surface area contributed by atoms with E-state index in [1.54, 1.807) is 0 Å². The monoisotopic (exact) mass is 157 g/mol. The Hall–Kier alpha value is -0.0800. The molecule has 0 amide bonds. The molecule has 3 unspecified atom stereocenters. The third-order valence-corrected chi connectivity index (χ3v) is 2.93. The van der Waals surface area contributed by atoms with Crippen LogP contribution in [0.4, 0.5) is 0 Å². The Labute approximate surface area is 68.8 Å². The second kappa shape index (κ2) is 4.07. The summed E-state index contributed by atoms with van der Waals surface area (Å²) >= 11 is 0. The average Bonchev–Trinajstić information content (AvgIpc) is 2.05. The fourth-order valence-corrected chi connectivity index (χ4v) is 1.97. The first kappa shape index (κ1) is 9.01. The van der Waals surface area contributed by atoms with Crippen LogP contribution in [0.15, 0.2) is 0 Å². The van der Waals surface area contributed by atoms with E-state index >= 15 is 0 Å². The van der Waals surface area contributed by atoms with E-state index in [4.69, 9.17) is 5.73 Å². The molecular weight excluding hydrogens is 138 g/mol. The number of aliphatic hydroxyl groups is 1. The van der Waals surface area contributed by atoms with Crippen LogP contribution in [0, 0.1) is 11.8 Å². The largest absolute Gasteiger partial charge is 0.393 e. The Morgan fingerprint density at radius 3 is 2.73 bits per heavy atom. The van der Waals surface area contributed by atoms with Crippen molar-refractivity contribution in [1.29, 1.82) is 0 Å². The zero-order chi connectivity index (χ0) is 8.27. The fourth-order valence-electron chi connectivity index (χ4n) is 1.97. The lowest BCUT2D eigenvalue weighted by molar-refractivity contribution is 0.0516. The maximum atomic E-state index is 9.50. The van der Waals surface area contributed by atoms with Crippen molar-refractivity contribution in [3.05, 3.63) is 0 Å². The number of rotatable bonds is 2. The second-order valence-electron chi connectivity index (χ2n) is 3.65. The highest BCUT2D eigenvalue weighted by molar-refractivity contribution is 4.79. The van der Waals surface area contributed by atoms with Gasteiger partial charge in [0.15, 0.2) is 0 Å². The van der Waals surface area contributed by atoms with Gasteiger partial charge in [0.25, 0.3) is 0 Å². The van der Waals surface area contributed by atoms with Gasteiger partial charge in [-0.3, -0.25) is 0 Å². The van der Waals surface area contributed by atoms with Crippen molar-refractivity contribution in [3.8, 4) is 0 Å². The van der Waals surface area contributed by atoms with Crippen molar-refractivity contribution in [2.75, 3.05) is 6.54 Å². The van der Waals surface area contributed by atoms with E-state index in [1.165, 1.54) is 12.8 Å². The Morgan fingerprint density at radius 1 is 1.45 bits per heavy atom. The minimum absolute atomic E-state index is 0.122. The van der Waals surface area contributed by atoms with Gasteiger partial charge >= 0.3 is 0 Å². The van der Waals surface area contributed by atoms with Crippen molar-refractivity contribution in [2.45, 2.75) is 38.7 Å². The van der Waals surface area contributed by atoms with Crippen LogP contribution in [0.5, 0.6) is 0 Å². The molecule has 0 aromatic heterocycles. The van der Waals surface area contributed by atoms with Gasteiger partial charge in [0.1, 0.15) is 0 Å². The highest BCUT2D eigenvalue weighted by Crippen LogP contribution is 2.30. The van der Waals surface area contributed by atoms with Crippen LogP contribution in [-0.4, -0.2) is 17.8 Å². The highest BCUT2D eigenvalue weighted by atomic mass is 16.3. The lowest BCUT2D eigenvalue weighted by Gasteiger charge is -2.31. The zero-order valence-corrected chi connectivity index (χ0v) is 7.29. The van der Waals surface area contributed by atoms with Crippen LogP contribution in [0.1, 0.15) is 32.6 Å². The lowest BCUT2D eigenvalue weighted by atomic mass is 9.78. The summed E-state index contributed by atoms with van der Waals surface area (Å²) in [5.41, 5.74) is 5.55. The third kappa shape index (κ3) is 2.17. The van der Waals surface area contributed by atoms with Crippen LogP contribution in [0.25, 0.3) is 0 Å². The molecule has 0 aromatic carbocycles. The van der Waals surface area contributed by atoms with Crippen molar-refractivity contribution in [3.63, 3.8) is 0 Å². The van der Waals surface area contributed by atoms with E-state index < -0.39 is 0 Å². The van der Waals surface area contributed by atoms with E-state index in [9.17, 15) is 5.11 Å². The molecule has 0 aliphatic heterocycles. The molecule has 1 saturated carbocycles. The molecule has 0 heterocycles. The van der Waals surface area contributed by atoms with Crippen LogP contribution < -0.4 is 5.73 Å². The first-order valence-electron chi connectivity index (χ1n) is 4.66. The summed E-state index contributed by atoms with van der Waals surface area (Å²) < 4.78 is 0. The average molecular weight is 157 g/mol. The predicted molar refractivity (Wildman–Crippen MR) is 46.2 cm³/mol. The molecule has 1 aliphatic rings. The summed E-state index contributed by atoms with van der Waals surface area (Å²) in [6.45, 7) is 2.87. The summed E-state index contributed by atoms with van der Waals surface area (Å²) in [4.78, 5) is 0. The van der Waals surface area contributed by atoms with Crippen LogP contribution >= 0.6 is 0 Å². The summed E-state index contributed by atoms with van der Waals surface area (Å²) in [7, 11) is 0. The molecule has 66 valence electrons. The molecule has 0 bridgehead atoms. The number of hydrogen-bond donors (Lipinski definition) is 2.